The van der Waals surface area contributed by atoms with Gasteiger partial charge in [-0.15, -0.1) is 11.3 Å². The molecule has 1 saturated heterocycles. The van der Waals surface area contributed by atoms with E-state index in [1.54, 1.807) is 28.4 Å². The largest absolute Gasteiger partial charge is 0.444 e. The van der Waals surface area contributed by atoms with Crippen LogP contribution in [0.1, 0.15) is 43.7 Å². The summed E-state index contributed by atoms with van der Waals surface area (Å²) in [7, 11) is 0. The molecule has 0 unspecified atom stereocenters. The highest BCUT2D eigenvalue weighted by molar-refractivity contribution is 7.17. The number of halogens is 1. The Balaban J connectivity index is 1.18. The van der Waals surface area contributed by atoms with Crippen molar-refractivity contribution in [1.29, 1.82) is 0 Å². The van der Waals surface area contributed by atoms with Crippen molar-refractivity contribution in [3.05, 3.63) is 58.7 Å². The minimum atomic E-state index is -0.255. The highest BCUT2D eigenvalue weighted by Crippen LogP contribution is 2.33. The number of carbonyl (C=O) groups is 2. The third kappa shape index (κ3) is 5.96. The predicted octanol–water partition coefficient (Wildman–Crippen LogP) is 5.38. The summed E-state index contributed by atoms with van der Waals surface area (Å²) in [6, 6.07) is 11.7. The van der Waals surface area contributed by atoms with Crippen molar-refractivity contribution in [3.8, 4) is 0 Å². The van der Waals surface area contributed by atoms with Gasteiger partial charge in [-0.2, -0.15) is 0 Å². The number of esters is 1. The summed E-state index contributed by atoms with van der Waals surface area (Å²) in [5.41, 5.74) is 4.15. The Labute approximate surface area is 221 Å². The standard InChI is InChI=1S/C29H34FN3O3S/c1-2-3-4-29(35)36-20-33-25-17-21(5-6-22(25)7-8-28(33)34)9-11-31-12-14-32(15-13-31)26-18-23(30)19-27-24(26)10-16-37-27/h5-6,10,16-19H,2-4,7-9,11-15,20H2,1H3. The number of carbonyl (C=O) groups excluding carboxylic acids is 2. The SMILES string of the molecule is CCCCC(=O)OCN1C(=O)CCc2ccc(CCN3CCN(c4cc(F)cc5sccc45)CC3)cc21. The monoisotopic (exact) mass is 523 g/mol. The molecule has 2 aliphatic rings. The molecule has 0 atom stereocenters. The van der Waals surface area contributed by atoms with Crippen LogP contribution < -0.4 is 9.80 Å². The number of rotatable bonds is 9. The number of hydrogen-bond acceptors (Lipinski definition) is 6. The first-order valence-corrected chi connectivity index (χ1v) is 14.1. The van der Waals surface area contributed by atoms with Crippen molar-refractivity contribution in [1.82, 2.24) is 4.90 Å². The lowest BCUT2D eigenvalue weighted by atomic mass is 9.98. The van der Waals surface area contributed by atoms with Gasteiger partial charge in [-0.05, 0) is 60.0 Å². The molecule has 196 valence electrons. The second kappa shape index (κ2) is 11.6. The number of unbranched alkanes of at least 4 members (excludes halogenated alkanes) is 1. The molecule has 37 heavy (non-hydrogen) atoms. The molecule has 0 spiro atoms. The topological polar surface area (TPSA) is 53.1 Å². The highest BCUT2D eigenvalue weighted by Gasteiger charge is 2.26. The summed E-state index contributed by atoms with van der Waals surface area (Å²) in [4.78, 5) is 31.0. The highest BCUT2D eigenvalue weighted by atomic mass is 32.1. The fraction of sp³-hybridized carbons (Fsp3) is 0.448. The molecule has 0 radical (unpaired) electrons. The molecule has 0 aliphatic carbocycles. The van der Waals surface area contributed by atoms with Gasteiger partial charge in [-0.1, -0.05) is 25.5 Å². The molecule has 1 amide bonds. The van der Waals surface area contributed by atoms with E-state index in [2.05, 4.69) is 34.1 Å². The van der Waals surface area contributed by atoms with Crippen LogP contribution in [0.15, 0.2) is 41.8 Å². The van der Waals surface area contributed by atoms with E-state index in [9.17, 15) is 14.0 Å². The molecule has 3 heterocycles. The van der Waals surface area contributed by atoms with E-state index in [0.29, 0.717) is 19.3 Å². The Morgan fingerprint density at radius 1 is 1.05 bits per heavy atom. The van der Waals surface area contributed by atoms with Gasteiger partial charge in [0, 0.05) is 61.3 Å². The number of amides is 1. The minimum absolute atomic E-state index is 0.00106. The zero-order chi connectivity index (χ0) is 25.8. The summed E-state index contributed by atoms with van der Waals surface area (Å²) in [5, 5.41) is 3.15. The summed E-state index contributed by atoms with van der Waals surface area (Å²) >= 11 is 1.58. The normalized spacial score (nSPS) is 16.3. The van der Waals surface area contributed by atoms with E-state index in [-0.39, 0.29) is 24.4 Å². The van der Waals surface area contributed by atoms with Crippen molar-refractivity contribution in [2.45, 2.75) is 45.4 Å². The maximum atomic E-state index is 14.1. The minimum Gasteiger partial charge on any atom is -0.444 e. The maximum Gasteiger partial charge on any atom is 0.307 e. The van der Waals surface area contributed by atoms with Crippen LogP contribution in [0.4, 0.5) is 15.8 Å². The van der Waals surface area contributed by atoms with Crippen LogP contribution >= 0.6 is 11.3 Å². The van der Waals surface area contributed by atoms with Gasteiger partial charge < -0.3 is 9.64 Å². The first kappa shape index (κ1) is 25.7. The van der Waals surface area contributed by atoms with Gasteiger partial charge in [-0.3, -0.25) is 19.4 Å². The first-order valence-electron chi connectivity index (χ1n) is 13.2. The van der Waals surface area contributed by atoms with Crippen molar-refractivity contribution in [2.75, 3.05) is 49.3 Å². The zero-order valence-electron chi connectivity index (χ0n) is 21.4. The number of thiophene rings is 1. The Kier molecular flexibility index (Phi) is 8.05. The van der Waals surface area contributed by atoms with Crippen LogP contribution in [0.3, 0.4) is 0 Å². The average molecular weight is 524 g/mol. The van der Waals surface area contributed by atoms with Gasteiger partial charge in [0.05, 0.1) is 5.69 Å². The molecular formula is C29H34FN3O3S. The maximum absolute atomic E-state index is 14.1. The molecule has 8 heteroatoms. The molecule has 3 aromatic rings. The third-order valence-electron chi connectivity index (χ3n) is 7.38. The van der Waals surface area contributed by atoms with Gasteiger partial charge in [0.2, 0.25) is 5.91 Å². The lowest BCUT2D eigenvalue weighted by Crippen LogP contribution is -2.47. The molecule has 0 saturated carbocycles. The lowest BCUT2D eigenvalue weighted by Gasteiger charge is -2.36. The van der Waals surface area contributed by atoms with Crippen LogP contribution in [-0.2, 0) is 27.2 Å². The van der Waals surface area contributed by atoms with Crippen molar-refractivity contribution in [2.24, 2.45) is 0 Å². The molecule has 6 nitrogen and oxygen atoms in total. The first-order chi connectivity index (χ1) is 18.0. The number of benzene rings is 2. The van der Waals surface area contributed by atoms with Crippen LogP contribution in [0.25, 0.3) is 10.1 Å². The van der Waals surface area contributed by atoms with E-state index in [4.69, 9.17) is 4.74 Å². The molecule has 0 N–H and O–H groups in total. The molecule has 5 rings (SSSR count). The van der Waals surface area contributed by atoms with Gasteiger partial charge >= 0.3 is 5.97 Å². The number of ether oxygens (including phenoxy) is 1. The van der Waals surface area contributed by atoms with Crippen LogP contribution in [0.2, 0.25) is 0 Å². The Hall–Kier alpha value is -2.97. The van der Waals surface area contributed by atoms with Gasteiger partial charge in [0.25, 0.3) is 0 Å². The molecule has 1 aromatic heterocycles. The Morgan fingerprint density at radius 2 is 1.89 bits per heavy atom. The van der Waals surface area contributed by atoms with E-state index in [1.807, 2.05) is 12.3 Å². The summed E-state index contributed by atoms with van der Waals surface area (Å²) < 4.78 is 20.5. The second-order valence-electron chi connectivity index (χ2n) is 9.87. The van der Waals surface area contributed by atoms with E-state index < -0.39 is 0 Å². The quantitative estimate of drug-likeness (QED) is 0.353. The summed E-state index contributed by atoms with van der Waals surface area (Å²) in [6.07, 6.45) is 4.14. The smallest absolute Gasteiger partial charge is 0.307 e. The van der Waals surface area contributed by atoms with Gasteiger partial charge in [-0.25, -0.2) is 4.39 Å². The van der Waals surface area contributed by atoms with Crippen LogP contribution in [0, 0.1) is 5.82 Å². The fourth-order valence-electron chi connectivity index (χ4n) is 5.19. The average Bonchev–Trinajstić information content (AvgIpc) is 3.38. The van der Waals surface area contributed by atoms with Crippen molar-refractivity contribution < 1.29 is 18.7 Å². The van der Waals surface area contributed by atoms with Crippen LogP contribution in [0.5, 0.6) is 0 Å². The predicted molar refractivity (Wildman–Crippen MR) is 147 cm³/mol. The fourth-order valence-corrected chi connectivity index (χ4v) is 6.02. The number of fused-ring (bicyclic) bond motifs is 2. The lowest BCUT2D eigenvalue weighted by molar-refractivity contribution is -0.144. The number of piperazine rings is 1. The number of anilines is 2. The Morgan fingerprint density at radius 3 is 2.70 bits per heavy atom. The molecule has 2 aromatic carbocycles. The number of nitrogens with zero attached hydrogens (tertiary/aromatic N) is 3. The Bertz CT molecular complexity index is 1270. The van der Waals surface area contributed by atoms with Crippen molar-refractivity contribution >= 4 is 44.7 Å². The van der Waals surface area contributed by atoms with E-state index in [1.165, 1.54) is 5.56 Å². The molecule has 0 bridgehead atoms. The van der Waals surface area contributed by atoms with Gasteiger partial charge in [0.1, 0.15) is 5.82 Å². The summed E-state index contributed by atoms with van der Waals surface area (Å²) in [5.74, 6) is -0.431. The molecule has 2 aliphatic heterocycles. The summed E-state index contributed by atoms with van der Waals surface area (Å²) in [6.45, 7) is 6.51. The van der Waals surface area contributed by atoms with Crippen molar-refractivity contribution in [3.63, 3.8) is 0 Å². The van der Waals surface area contributed by atoms with E-state index in [0.717, 1.165) is 79.0 Å². The molecular weight excluding hydrogens is 489 g/mol. The second-order valence-corrected chi connectivity index (χ2v) is 10.8. The van der Waals surface area contributed by atoms with E-state index >= 15 is 0 Å². The number of hydrogen-bond donors (Lipinski definition) is 0. The number of aryl methyl sites for hydroxylation is 1. The third-order valence-corrected chi connectivity index (χ3v) is 8.25. The molecule has 1 fully saturated rings. The van der Waals surface area contributed by atoms with Crippen LogP contribution in [-0.4, -0.2) is 56.2 Å². The zero-order valence-corrected chi connectivity index (χ0v) is 22.2. The van der Waals surface area contributed by atoms with Gasteiger partial charge in [0.15, 0.2) is 6.73 Å².